The molecule has 0 atom stereocenters. The van der Waals surface area contributed by atoms with Gasteiger partial charge in [0.15, 0.2) is 0 Å². The first-order valence-electron chi connectivity index (χ1n) is 10.2. The molecule has 3 rings (SSSR count). The second-order valence-corrected chi connectivity index (χ2v) is 7.49. The molecule has 9 heteroatoms. The van der Waals surface area contributed by atoms with E-state index in [1.807, 2.05) is 18.2 Å². The number of nitrogens with one attached hydrogen (secondary N) is 2. The summed E-state index contributed by atoms with van der Waals surface area (Å²) < 4.78 is 5.09. The fourth-order valence-electron chi connectivity index (χ4n) is 3.39. The molecule has 3 N–H and O–H groups in total. The van der Waals surface area contributed by atoms with Crippen LogP contribution in [0.2, 0.25) is 5.02 Å². The van der Waals surface area contributed by atoms with Crippen molar-refractivity contribution in [3.63, 3.8) is 0 Å². The maximum absolute atomic E-state index is 8.87. The molecule has 8 nitrogen and oxygen atoms in total. The summed E-state index contributed by atoms with van der Waals surface area (Å²) in [4.78, 5) is 15.8. The Hall–Kier alpha value is -2.42. The summed E-state index contributed by atoms with van der Waals surface area (Å²) in [5, 5.41) is 16.0. The number of aliphatic hydroxyl groups is 1. The van der Waals surface area contributed by atoms with E-state index < -0.39 is 0 Å². The molecule has 0 radical (unpaired) electrons. The Morgan fingerprint density at radius 2 is 1.80 bits per heavy atom. The van der Waals surface area contributed by atoms with Crippen molar-refractivity contribution in [3.8, 4) is 0 Å². The molecule has 1 saturated heterocycles. The van der Waals surface area contributed by atoms with Crippen molar-refractivity contribution in [1.82, 2.24) is 15.0 Å². The van der Waals surface area contributed by atoms with E-state index in [2.05, 4.69) is 42.6 Å². The number of aliphatic hydroxyl groups excluding tert-OH is 1. The standard InChI is InChI=1S/C21H29ClN6O2/c1-30-15-11-24-20-25-19(23-10-2-3-14-29)26-21(27-20)28-12-8-17(9-13-28)16-4-6-18(22)7-5-16/h2-7,17,29H,8-15H2,1H3,(H2,23,24,25,26,27)/b3-2+. The van der Waals surface area contributed by atoms with Gasteiger partial charge >= 0.3 is 0 Å². The van der Waals surface area contributed by atoms with Gasteiger partial charge in [0.2, 0.25) is 17.8 Å². The van der Waals surface area contributed by atoms with Crippen molar-refractivity contribution in [2.75, 3.05) is 62.0 Å². The van der Waals surface area contributed by atoms with E-state index in [1.54, 1.807) is 13.2 Å². The summed E-state index contributed by atoms with van der Waals surface area (Å²) in [6.07, 6.45) is 5.57. The van der Waals surface area contributed by atoms with E-state index in [1.165, 1.54) is 5.56 Å². The highest BCUT2D eigenvalue weighted by Gasteiger charge is 2.23. The number of halogens is 1. The topological polar surface area (TPSA) is 95.4 Å². The molecule has 0 bridgehead atoms. The van der Waals surface area contributed by atoms with E-state index in [-0.39, 0.29) is 6.61 Å². The number of rotatable bonds is 10. The number of hydrogen-bond donors (Lipinski definition) is 3. The largest absolute Gasteiger partial charge is 0.392 e. The van der Waals surface area contributed by atoms with Crippen LogP contribution in [0.4, 0.5) is 17.8 Å². The third kappa shape index (κ3) is 6.55. The minimum Gasteiger partial charge on any atom is -0.392 e. The molecular weight excluding hydrogens is 404 g/mol. The summed E-state index contributed by atoms with van der Waals surface area (Å²) in [7, 11) is 1.66. The second kappa shape index (κ2) is 11.7. The van der Waals surface area contributed by atoms with Gasteiger partial charge < -0.3 is 25.4 Å². The maximum Gasteiger partial charge on any atom is 0.231 e. The molecule has 30 heavy (non-hydrogen) atoms. The van der Waals surface area contributed by atoms with Gasteiger partial charge in [-0.25, -0.2) is 0 Å². The highest BCUT2D eigenvalue weighted by molar-refractivity contribution is 6.30. The van der Waals surface area contributed by atoms with Crippen LogP contribution in [-0.4, -0.2) is 66.6 Å². The fraction of sp³-hybridized carbons (Fsp3) is 0.476. The van der Waals surface area contributed by atoms with Crippen LogP contribution in [0.3, 0.4) is 0 Å². The van der Waals surface area contributed by atoms with Crippen molar-refractivity contribution in [1.29, 1.82) is 0 Å². The lowest BCUT2D eigenvalue weighted by Gasteiger charge is -2.32. The lowest BCUT2D eigenvalue weighted by Crippen LogP contribution is -2.34. The SMILES string of the molecule is COCCNc1nc(NC/C=C/CO)nc(N2CCC(c3ccc(Cl)cc3)CC2)n1. The number of piperidine rings is 1. The van der Waals surface area contributed by atoms with Gasteiger partial charge in [0.05, 0.1) is 13.2 Å². The third-order valence-electron chi connectivity index (χ3n) is 4.98. The molecule has 0 aliphatic carbocycles. The molecule has 0 spiro atoms. The Morgan fingerprint density at radius 3 is 2.47 bits per heavy atom. The highest BCUT2D eigenvalue weighted by Crippen LogP contribution is 2.30. The molecule has 0 unspecified atom stereocenters. The molecule has 1 aliphatic heterocycles. The van der Waals surface area contributed by atoms with E-state index in [0.29, 0.717) is 43.5 Å². The Balaban J connectivity index is 1.67. The van der Waals surface area contributed by atoms with Crippen molar-refractivity contribution < 1.29 is 9.84 Å². The molecule has 1 fully saturated rings. The zero-order valence-electron chi connectivity index (χ0n) is 17.2. The van der Waals surface area contributed by atoms with Gasteiger partial charge in [-0.3, -0.25) is 0 Å². The van der Waals surface area contributed by atoms with Gasteiger partial charge in [-0.1, -0.05) is 35.9 Å². The van der Waals surface area contributed by atoms with E-state index in [9.17, 15) is 0 Å². The monoisotopic (exact) mass is 432 g/mol. The lowest BCUT2D eigenvalue weighted by atomic mass is 9.90. The molecule has 1 aromatic heterocycles. The molecule has 0 amide bonds. The Labute approximate surface area is 182 Å². The van der Waals surface area contributed by atoms with Gasteiger partial charge in [0.1, 0.15) is 0 Å². The number of aromatic nitrogens is 3. The highest BCUT2D eigenvalue weighted by atomic mass is 35.5. The number of ether oxygens (including phenoxy) is 1. The summed E-state index contributed by atoms with van der Waals surface area (Å²) in [6, 6.07) is 8.14. The fourth-order valence-corrected chi connectivity index (χ4v) is 3.51. The average molecular weight is 433 g/mol. The van der Waals surface area contributed by atoms with Gasteiger partial charge in [0.25, 0.3) is 0 Å². The van der Waals surface area contributed by atoms with E-state index in [0.717, 1.165) is 31.0 Å². The van der Waals surface area contributed by atoms with Crippen molar-refractivity contribution in [3.05, 3.63) is 47.0 Å². The first-order valence-corrected chi connectivity index (χ1v) is 10.6. The summed E-state index contributed by atoms with van der Waals surface area (Å²) >= 11 is 6.02. The van der Waals surface area contributed by atoms with Crippen LogP contribution in [0, 0.1) is 0 Å². The molecule has 2 heterocycles. The smallest absolute Gasteiger partial charge is 0.231 e. The first kappa shape index (κ1) is 22.3. The number of hydrogen-bond acceptors (Lipinski definition) is 8. The Kier molecular flexibility index (Phi) is 8.67. The van der Waals surface area contributed by atoms with E-state index in [4.69, 9.17) is 21.4 Å². The summed E-state index contributed by atoms with van der Waals surface area (Å²) in [5.41, 5.74) is 1.33. The second-order valence-electron chi connectivity index (χ2n) is 7.05. The molecule has 162 valence electrons. The van der Waals surface area contributed by atoms with Crippen LogP contribution in [0.25, 0.3) is 0 Å². The Morgan fingerprint density at radius 1 is 1.10 bits per heavy atom. The molecular formula is C21H29ClN6O2. The number of nitrogens with zero attached hydrogens (tertiary/aromatic N) is 4. The zero-order valence-corrected chi connectivity index (χ0v) is 18.0. The number of methoxy groups -OCH3 is 1. The molecule has 1 aromatic carbocycles. The lowest BCUT2D eigenvalue weighted by molar-refractivity contribution is 0.210. The normalized spacial score (nSPS) is 15.0. The van der Waals surface area contributed by atoms with Crippen LogP contribution in [0.5, 0.6) is 0 Å². The predicted molar refractivity (Wildman–Crippen MR) is 121 cm³/mol. The van der Waals surface area contributed by atoms with Gasteiger partial charge in [0, 0.05) is 38.3 Å². The van der Waals surface area contributed by atoms with E-state index >= 15 is 0 Å². The summed E-state index contributed by atoms with van der Waals surface area (Å²) in [5.74, 6) is 2.20. The minimum atomic E-state index is 0.0104. The number of benzene rings is 1. The van der Waals surface area contributed by atoms with Crippen LogP contribution in [0.1, 0.15) is 24.3 Å². The molecule has 1 aliphatic rings. The van der Waals surface area contributed by atoms with Crippen molar-refractivity contribution in [2.24, 2.45) is 0 Å². The molecule has 0 saturated carbocycles. The predicted octanol–water partition coefficient (Wildman–Crippen LogP) is 2.93. The van der Waals surface area contributed by atoms with Crippen LogP contribution in [-0.2, 0) is 4.74 Å². The van der Waals surface area contributed by atoms with Crippen LogP contribution in [0.15, 0.2) is 36.4 Å². The Bertz CT molecular complexity index is 810. The summed E-state index contributed by atoms with van der Waals surface area (Å²) in [6.45, 7) is 3.46. The van der Waals surface area contributed by atoms with Gasteiger partial charge in [-0.05, 0) is 36.5 Å². The van der Waals surface area contributed by atoms with Crippen LogP contribution < -0.4 is 15.5 Å². The minimum absolute atomic E-state index is 0.0104. The maximum atomic E-state index is 8.87. The van der Waals surface area contributed by atoms with Crippen molar-refractivity contribution in [2.45, 2.75) is 18.8 Å². The van der Waals surface area contributed by atoms with Gasteiger partial charge in [-0.2, -0.15) is 15.0 Å². The average Bonchev–Trinajstić information content (AvgIpc) is 2.77. The number of anilines is 3. The third-order valence-corrected chi connectivity index (χ3v) is 5.23. The van der Waals surface area contributed by atoms with Crippen LogP contribution >= 0.6 is 11.6 Å². The van der Waals surface area contributed by atoms with Crippen molar-refractivity contribution >= 4 is 29.4 Å². The van der Waals surface area contributed by atoms with Gasteiger partial charge in [-0.15, -0.1) is 0 Å². The zero-order chi connectivity index (χ0) is 21.2. The molecule has 2 aromatic rings. The quantitative estimate of drug-likeness (QED) is 0.389. The first-order chi connectivity index (χ1) is 14.7.